The lowest BCUT2D eigenvalue weighted by molar-refractivity contribution is -0.139. The zero-order valence-corrected chi connectivity index (χ0v) is 15.3. The largest absolute Gasteiger partial charge is 0.456 e. The van der Waals surface area contributed by atoms with Crippen LogP contribution in [0.1, 0.15) is 16.8 Å². The zero-order chi connectivity index (χ0) is 18.7. The van der Waals surface area contributed by atoms with Gasteiger partial charge in [-0.15, -0.1) is 0 Å². The first-order chi connectivity index (χ1) is 12.4. The normalized spacial score (nSPS) is 11.2. The first-order valence-electron chi connectivity index (χ1n) is 7.71. The SMILES string of the molecule is Cc1ccc2nc(COC(=O)/C=C/c3ccc(Cl)c(Cl)c3)cc(=O)n2c1. The second kappa shape index (κ2) is 7.72. The number of nitrogens with zero attached hydrogens (tertiary/aromatic N) is 2. The maximum Gasteiger partial charge on any atom is 0.331 e. The van der Waals surface area contributed by atoms with E-state index in [4.69, 9.17) is 27.9 Å². The van der Waals surface area contributed by atoms with Crippen LogP contribution in [0.25, 0.3) is 11.7 Å². The minimum atomic E-state index is -0.554. The maximum atomic E-state index is 12.1. The van der Waals surface area contributed by atoms with Crippen molar-refractivity contribution in [1.82, 2.24) is 9.38 Å². The summed E-state index contributed by atoms with van der Waals surface area (Å²) in [5, 5.41) is 0.841. The molecule has 0 fully saturated rings. The van der Waals surface area contributed by atoms with Crippen molar-refractivity contribution >= 4 is 40.9 Å². The molecule has 0 N–H and O–H groups in total. The highest BCUT2D eigenvalue weighted by molar-refractivity contribution is 6.42. The standard InChI is InChI=1S/C19H14Cl2N2O3/c1-12-2-6-17-22-14(9-18(24)23(17)10-12)11-26-19(25)7-4-13-3-5-15(20)16(21)8-13/h2-10H,11H2,1H3/b7-4+. The van der Waals surface area contributed by atoms with E-state index in [2.05, 4.69) is 4.98 Å². The third-order valence-corrected chi connectivity index (χ3v) is 4.32. The van der Waals surface area contributed by atoms with Gasteiger partial charge in [-0.3, -0.25) is 9.20 Å². The third-order valence-electron chi connectivity index (χ3n) is 3.58. The fraction of sp³-hybridized carbons (Fsp3) is 0.105. The van der Waals surface area contributed by atoms with Gasteiger partial charge in [-0.25, -0.2) is 9.78 Å². The van der Waals surface area contributed by atoms with E-state index in [9.17, 15) is 9.59 Å². The van der Waals surface area contributed by atoms with E-state index in [0.29, 0.717) is 26.9 Å². The molecule has 0 spiro atoms. The molecular formula is C19H14Cl2N2O3. The number of benzene rings is 1. The number of carbonyl (C=O) groups excluding carboxylic acids is 1. The summed E-state index contributed by atoms with van der Waals surface area (Å²) in [6.07, 6.45) is 4.55. The molecule has 0 radical (unpaired) electrons. The lowest BCUT2D eigenvalue weighted by Crippen LogP contribution is -2.16. The molecule has 0 aliphatic rings. The Bertz CT molecular complexity index is 1070. The summed E-state index contributed by atoms with van der Waals surface area (Å²) in [4.78, 5) is 28.3. The lowest BCUT2D eigenvalue weighted by atomic mass is 10.2. The molecule has 132 valence electrons. The molecule has 0 atom stereocenters. The highest BCUT2D eigenvalue weighted by atomic mass is 35.5. The molecule has 0 unspecified atom stereocenters. The first kappa shape index (κ1) is 18.2. The van der Waals surface area contributed by atoms with Crippen LogP contribution in [0, 0.1) is 6.92 Å². The number of carbonyl (C=O) groups is 1. The number of aryl methyl sites for hydroxylation is 1. The fourth-order valence-corrected chi connectivity index (χ4v) is 2.61. The fourth-order valence-electron chi connectivity index (χ4n) is 2.31. The number of esters is 1. The van der Waals surface area contributed by atoms with Gasteiger partial charge in [-0.1, -0.05) is 35.3 Å². The lowest BCUT2D eigenvalue weighted by Gasteiger charge is -2.05. The number of ether oxygens (including phenoxy) is 1. The van der Waals surface area contributed by atoms with E-state index in [0.717, 1.165) is 5.56 Å². The van der Waals surface area contributed by atoms with Crippen molar-refractivity contribution in [3.8, 4) is 0 Å². The van der Waals surface area contributed by atoms with Gasteiger partial charge in [-0.05, 0) is 42.3 Å². The smallest absolute Gasteiger partial charge is 0.331 e. The van der Waals surface area contributed by atoms with Crippen LogP contribution in [0.5, 0.6) is 0 Å². The number of fused-ring (bicyclic) bond motifs is 1. The van der Waals surface area contributed by atoms with E-state index in [1.165, 1.54) is 16.5 Å². The van der Waals surface area contributed by atoms with Gasteiger partial charge in [0.25, 0.3) is 5.56 Å². The van der Waals surface area contributed by atoms with Gasteiger partial charge in [0.1, 0.15) is 12.3 Å². The number of hydrogen-bond acceptors (Lipinski definition) is 4. The molecule has 0 amide bonds. The third kappa shape index (κ3) is 4.31. The van der Waals surface area contributed by atoms with Crippen LogP contribution >= 0.6 is 23.2 Å². The average Bonchev–Trinajstić information content (AvgIpc) is 2.61. The molecule has 3 rings (SSSR count). The highest BCUT2D eigenvalue weighted by Gasteiger charge is 2.05. The molecule has 0 aliphatic heterocycles. The summed E-state index contributed by atoms with van der Waals surface area (Å²) in [7, 11) is 0. The van der Waals surface area contributed by atoms with Gasteiger partial charge >= 0.3 is 5.97 Å². The second-order valence-electron chi connectivity index (χ2n) is 5.63. The monoisotopic (exact) mass is 388 g/mol. The van der Waals surface area contributed by atoms with E-state index in [1.54, 1.807) is 36.5 Å². The molecule has 5 nitrogen and oxygen atoms in total. The molecule has 0 aliphatic carbocycles. The Morgan fingerprint density at radius 3 is 2.77 bits per heavy atom. The summed E-state index contributed by atoms with van der Waals surface area (Å²) in [6.45, 7) is 1.80. The molecule has 7 heteroatoms. The minimum absolute atomic E-state index is 0.0931. The topological polar surface area (TPSA) is 60.7 Å². The number of hydrogen-bond donors (Lipinski definition) is 0. The number of halogens is 2. The Labute approximate surface area is 159 Å². The van der Waals surface area contributed by atoms with E-state index in [1.807, 2.05) is 13.0 Å². The van der Waals surface area contributed by atoms with Crippen LogP contribution in [0.2, 0.25) is 10.0 Å². The van der Waals surface area contributed by atoms with Gasteiger partial charge in [0.05, 0.1) is 15.7 Å². The van der Waals surface area contributed by atoms with Crippen LogP contribution in [0.15, 0.2) is 53.5 Å². The van der Waals surface area contributed by atoms with Crippen molar-refractivity contribution in [2.45, 2.75) is 13.5 Å². The van der Waals surface area contributed by atoms with Gasteiger partial charge in [-0.2, -0.15) is 0 Å². The van der Waals surface area contributed by atoms with Crippen LogP contribution < -0.4 is 5.56 Å². The molecule has 1 aromatic carbocycles. The Morgan fingerprint density at radius 1 is 1.19 bits per heavy atom. The summed E-state index contributed by atoms with van der Waals surface area (Å²) < 4.78 is 6.59. The predicted octanol–water partition coefficient (Wildman–Crippen LogP) is 4.07. The number of aromatic nitrogens is 2. The molecule has 2 aromatic heterocycles. The Morgan fingerprint density at radius 2 is 2.00 bits per heavy atom. The van der Waals surface area contributed by atoms with E-state index < -0.39 is 5.97 Å². The van der Waals surface area contributed by atoms with Gasteiger partial charge in [0, 0.05) is 18.3 Å². The minimum Gasteiger partial charge on any atom is -0.456 e. The summed E-state index contributed by atoms with van der Waals surface area (Å²) in [6, 6.07) is 9.96. The van der Waals surface area contributed by atoms with Crippen molar-refractivity contribution in [3.63, 3.8) is 0 Å². The van der Waals surface area contributed by atoms with Gasteiger partial charge < -0.3 is 4.74 Å². The molecule has 26 heavy (non-hydrogen) atoms. The van der Waals surface area contributed by atoms with Crippen LogP contribution in [0.3, 0.4) is 0 Å². The van der Waals surface area contributed by atoms with Gasteiger partial charge in [0.15, 0.2) is 0 Å². The summed E-state index contributed by atoms with van der Waals surface area (Å²) in [5.41, 5.74) is 2.33. The van der Waals surface area contributed by atoms with Crippen LogP contribution in [-0.4, -0.2) is 15.4 Å². The van der Waals surface area contributed by atoms with Crippen molar-refractivity contribution in [3.05, 3.63) is 85.9 Å². The van der Waals surface area contributed by atoms with Crippen molar-refractivity contribution < 1.29 is 9.53 Å². The maximum absolute atomic E-state index is 12.1. The number of rotatable bonds is 4. The Balaban J connectivity index is 1.68. The highest BCUT2D eigenvalue weighted by Crippen LogP contribution is 2.23. The molecular weight excluding hydrogens is 375 g/mol. The summed E-state index contributed by atoms with van der Waals surface area (Å²) >= 11 is 11.8. The van der Waals surface area contributed by atoms with Crippen molar-refractivity contribution in [1.29, 1.82) is 0 Å². The van der Waals surface area contributed by atoms with Crippen molar-refractivity contribution in [2.75, 3.05) is 0 Å². The molecule has 0 saturated carbocycles. The first-order valence-corrected chi connectivity index (χ1v) is 8.47. The zero-order valence-electron chi connectivity index (χ0n) is 13.8. The number of pyridine rings is 1. The van der Waals surface area contributed by atoms with E-state index in [-0.39, 0.29) is 12.2 Å². The average molecular weight is 389 g/mol. The molecule has 3 aromatic rings. The van der Waals surface area contributed by atoms with Crippen LogP contribution in [-0.2, 0) is 16.1 Å². The summed E-state index contributed by atoms with van der Waals surface area (Å²) in [5.74, 6) is -0.554. The Hall–Kier alpha value is -2.63. The Kier molecular flexibility index (Phi) is 5.40. The molecule has 0 saturated heterocycles. The second-order valence-corrected chi connectivity index (χ2v) is 6.45. The van der Waals surface area contributed by atoms with Gasteiger partial charge in [0.2, 0.25) is 0 Å². The van der Waals surface area contributed by atoms with E-state index >= 15 is 0 Å². The predicted molar refractivity (Wildman–Crippen MR) is 101 cm³/mol. The molecule has 0 bridgehead atoms. The van der Waals surface area contributed by atoms with Crippen LogP contribution in [0.4, 0.5) is 0 Å². The quantitative estimate of drug-likeness (QED) is 0.499. The van der Waals surface area contributed by atoms with Crippen molar-refractivity contribution in [2.24, 2.45) is 0 Å². The molecule has 2 heterocycles.